The molecule has 0 bridgehead atoms. The quantitative estimate of drug-likeness (QED) is 0.540. The van der Waals surface area contributed by atoms with Crippen molar-refractivity contribution in [3.05, 3.63) is 0 Å². The predicted octanol–water partition coefficient (Wildman–Crippen LogP) is 2.22. The average Bonchev–Trinajstić information content (AvgIpc) is 2.42. The Kier molecular flexibility index (Phi) is 3.27. The maximum absolute atomic E-state index is 8.70. The highest BCUT2D eigenvalue weighted by molar-refractivity contribution is 4.76. The van der Waals surface area contributed by atoms with Gasteiger partial charge in [0.15, 0.2) is 0 Å². The highest BCUT2D eigenvalue weighted by atomic mass is 17.3. The van der Waals surface area contributed by atoms with E-state index in [2.05, 4.69) is 4.89 Å². The van der Waals surface area contributed by atoms with Gasteiger partial charge in [0.1, 0.15) is 0 Å². The highest BCUT2D eigenvalue weighted by Gasteiger charge is 2.42. The molecule has 2 fully saturated rings. The topological polar surface area (TPSA) is 57.2 Å². The van der Waals surface area contributed by atoms with E-state index >= 15 is 0 Å². The second-order valence-electron chi connectivity index (χ2n) is 4.46. The van der Waals surface area contributed by atoms with Crippen LogP contribution in [-0.4, -0.2) is 23.4 Å². The first-order chi connectivity index (χ1) is 7.18. The Labute approximate surface area is 89.1 Å². The molecule has 1 saturated heterocycles. The van der Waals surface area contributed by atoms with Gasteiger partial charge >= 0.3 is 0 Å². The van der Waals surface area contributed by atoms with Crippen molar-refractivity contribution in [2.45, 2.75) is 57.0 Å². The monoisotopic (exact) mass is 218 g/mol. The first-order valence-electron chi connectivity index (χ1n) is 5.52. The maximum Gasteiger partial charge on any atom is 0.233 e. The van der Waals surface area contributed by atoms with Crippen molar-refractivity contribution in [2.24, 2.45) is 0 Å². The smallest absolute Gasteiger partial charge is 0.233 e. The van der Waals surface area contributed by atoms with Gasteiger partial charge in [-0.25, -0.2) is 10.1 Å². The molecule has 1 heterocycles. The SMILES string of the molecule is CC1(OO)CCOC2(CCCCC2)OO1. The van der Waals surface area contributed by atoms with Crippen LogP contribution in [0.3, 0.4) is 0 Å². The molecule has 0 aromatic carbocycles. The summed E-state index contributed by atoms with van der Waals surface area (Å²) in [6, 6.07) is 0. The Hall–Kier alpha value is -0.200. The van der Waals surface area contributed by atoms with Gasteiger partial charge in [-0.1, -0.05) is 6.42 Å². The van der Waals surface area contributed by atoms with Crippen LogP contribution in [0.5, 0.6) is 0 Å². The molecule has 1 N–H and O–H groups in total. The maximum atomic E-state index is 8.70. The zero-order valence-electron chi connectivity index (χ0n) is 9.03. The highest BCUT2D eigenvalue weighted by Crippen LogP contribution is 2.37. The Morgan fingerprint density at radius 1 is 1.07 bits per heavy atom. The van der Waals surface area contributed by atoms with Gasteiger partial charge in [-0.05, 0) is 19.8 Å². The molecule has 5 nitrogen and oxygen atoms in total. The lowest BCUT2D eigenvalue weighted by Crippen LogP contribution is -2.38. The van der Waals surface area contributed by atoms with E-state index in [0.717, 1.165) is 25.7 Å². The molecule has 1 aliphatic carbocycles. The second-order valence-corrected chi connectivity index (χ2v) is 4.46. The van der Waals surface area contributed by atoms with Crippen LogP contribution in [0.2, 0.25) is 0 Å². The van der Waals surface area contributed by atoms with Gasteiger partial charge in [-0.15, -0.1) is 0 Å². The molecule has 0 radical (unpaired) electrons. The Balaban J connectivity index is 1.99. The summed E-state index contributed by atoms with van der Waals surface area (Å²) in [6.45, 7) is 2.09. The van der Waals surface area contributed by atoms with Crippen LogP contribution in [-0.2, 0) is 19.4 Å². The van der Waals surface area contributed by atoms with E-state index in [-0.39, 0.29) is 0 Å². The van der Waals surface area contributed by atoms with Crippen LogP contribution >= 0.6 is 0 Å². The molecule has 1 atom stereocenters. The zero-order chi connectivity index (χ0) is 10.8. The number of hydrogen-bond donors (Lipinski definition) is 1. The normalized spacial score (nSPS) is 36.4. The minimum Gasteiger partial charge on any atom is -0.347 e. The third kappa shape index (κ3) is 2.49. The lowest BCUT2D eigenvalue weighted by Gasteiger charge is -2.34. The van der Waals surface area contributed by atoms with Crippen molar-refractivity contribution in [3.8, 4) is 0 Å². The van der Waals surface area contributed by atoms with Crippen LogP contribution in [0.1, 0.15) is 45.4 Å². The average molecular weight is 218 g/mol. The third-order valence-corrected chi connectivity index (χ3v) is 3.10. The molecule has 1 unspecified atom stereocenters. The summed E-state index contributed by atoms with van der Waals surface area (Å²) in [7, 11) is 0. The van der Waals surface area contributed by atoms with Crippen LogP contribution < -0.4 is 0 Å². The largest absolute Gasteiger partial charge is 0.347 e. The number of hydrogen-bond acceptors (Lipinski definition) is 5. The van der Waals surface area contributed by atoms with Crippen LogP contribution in [0.15, 0.2) is 0 Å². The first-order valence-corrected chi connectivity index (χ1v) is 5.52. The van der Waals surface area contributed by atoms with Gasteiger partial charge < -0.3 is 4.74 Å². The molecule has 1 saturated carbocycles. The minimum absolute atomic E-state index is 0.450. The van der Waals surface area contributed by atoms with Gasteiger partial charge in [-0.2, -0.15) is 9.78 Å². The molecule has 15 heavy (non-hydrogen) atoms. The number of ether oxygens (including phenoxy) is 1. The summed E-state index contributed by atoms with van der Waals surface area (Å²) in [5, 5.41) is 8.70. The fourth-order valence-corrected chi connectivity index (χ4v) is 2.03. The molecule has 0 amide bonds. The summed E-state index contributed by atoms with van der Waals surface area (Å²) >= 11 is 0. The molecule has 1 aliphatic heterocycles. The summed E-state index contributed by atoms with van der Waals surface area (Å²) in [4.78, 5) is 14.7. The van der Waals surface area contributed by atoms with E-state index in [4.69, 9.17) is 19.8 Å². The molecule has 1 spiro atoms. The van der Waals surface area contributed by atoms with E-state index < -0.39 is 11.6 Å². The summed E-state index contributed by atoms with van der Waals surface area (Å²) in [5.41, 5.74) is 0. The van der Waals surface area contributed by atoms with Gasteiger partial charge in [0.25, 0.3) is 0 Å². The molecular formula is C10H18O5. The molecule has 2 aliphatic rings. The minimum atomic E-state index is -1.11. The van der Waals surface area contributed by atoms with E-state index in [1.165, 1.54) is 6.42 Å². The first kappa shape index (κ1) is 11.3. The molecule has 0 aromatic heterocycles. The van der Waals surface area contributed by atoms with E-state index in [1.54, 1.807) is 6.92 Å². The third-order valence-electron chi connectivity index (χ3n) is 3.10. The van der Waals surface area contributed by atoms with E-state index in [1.807, 2.05) is 0 Å². The fourth-order valence-electron chi connectivity index (χ4n) is 2.03. The Morgan fingerprint density at radius 2 is 1.80 bits per heavy atom. The lowest BCUT2D eigenvalue weighted by atomic mass is 9.94. The Morgan fingerprint density at radius 3 is 2.47 bits per heavy atom. The standard InChI is InChI=1S/C10H18O5/c1-9(13-11)7-8-12-10(15-14-9)5-3-2-4-6-10/h11H,2-8H2,1H3. The summed E-state index contributed by atoms with van der Waals surface area (Å²) in [6.07, 6.45) is 5.51. The predicted molar refractivity (Wildman–Crippen MR) is 50.7 cm³/mol. The molecule has 88 valence electrons. The molecule has 5 heteroatoms. The van der Waals surface area contributed by atoms with Crippen molar-refractivity contribution >= 4 is 0 Å². The van der Waals surface area contributed by atoms with Crippen molar-refractivity contribution in [2.75, 3.05) is 6.61 Å². The van der Waals surface area contributed by atoms with Crippen LogP contribution in [0.25, 0.3) is 0 Å². The zero-order valence-corrected chi connectivity index (χ0v) is 9.03. The summed E-state index contributed by atoms with van der Waals surface area (Å²) < 4.78 is 5.69. The second kappa shape index (κ2) is 4.35. The lowest BCUT2D eigenvalue weighted by molar-refractivity contribution is -0.528. The fraction of sp³-hybridized carbons (Fsp3) is 1.00. The van der Waals surface area contributed by atoms with E-state index in [9.17, 15) is 0 Å². The number of rotatable bonds is 1. The molecule has 0 aromatic rings. The van der Waals surface area contributed by atoms with Crippen molar-refractivity contribution in [1.29, 1.82) is 0 Å². The van der Waals surface area contributed by atoms with Crippen molar-refractivity contribution < 1.29 is 24.7 Å². The van der Waals surface area contributed by atoms with E-state index in [0.29, 0.717) is 13.0 Å². The summed E-state index contributed by atoms with van der Waals surface area (Å²) in [5.74, 6) is -1.73. The van der Waals surface area contributed by atoms with Gasteiger partial charge in [0.05, 0.1) is 6.61 Å². The van der Waals surface area contributed by atoms with Gasteiger partial charge in [0, 0.05) is 19.3 Å². The Bertz CT molecular complexity index is 214. The van der Waals surface area contributed by atoms with Gasteiger partial charge in [0.2, 0.25) is 11.6 Å². The van der Waals surface area contributed by atoms with Crippen LogP contribution in [0.4, 0.5) is 0 Å². The molecule has 2 rings (SSSR count). The molecular weight excluding hydrogens is 200 g/mol. The van der Waals surface area contributed by atoms with Crippen LogP contribution in [0, 0.1) is 0 Å². The van der Waals surface area contributed by atoms with Crippen molar-refractivity contribution in [1.82, 2.24) is 0 Å². The van der Waals surface area contributed by atoms with Crippen molar-refractivity contribution in [3.63, 3.8) is 0 Å². The van der Waals surface area contributed by atoms with Gasteiger partial charge in [-0.3, -0.25) is 0 Å².